The van der Waals surface area contributed by atoms with Gasteiger partial charge in [-0.05, 0) is 18.2 Å². The van der Waals surface area contributed by atoms with Gasteiger partial charge in [0.2, 0.25) is 11.8 Å². The molecule has 1 aromatic carbocycles. The van der Waals surface area contributed by atoms with Crippen molar-refractivity contribution in [1.82, 2.24) is 15.5 Å². The maximum absolute atomic E-state index is 12.3. The topological polar surface area (TPSA) is 87.3 Å². The molecular weight excluding hydrogens is 364 g/mol. The average Bonchev–Trinajstić information content (AvgIpc) is 3.10. The molecule has 2 amide bonds. The van der Waals surface area contributed by atoms with Gasteiger partial charge in [-0.15, -0.1) is 0 Å². The summed E-state index contributed by atoms with van der Waals surface area (Å²) >= 11 is 3.40. The fraction of sp³-hybridized carbons (Fsp3) is 0.400. The van der Waals surface area contributed by atoms with Crippen molar-refractivity contribution in [1.29, 1.82) is 0 Å². The molecule has 0 aliphatic carbocycles. The molecule has 1 unspecified atom stereocenters. The number of hydrogen-bond donors (Lipinski definition) is 2. The zero-order valence-electron chi connectivity index (χ0n) is 12.6. The summed E-state index contributed by atoms with van der Waals surface area (Å²) in [6.45, 7) is 1.24. The van der Waals surface area contributed by atoms with Crippen molar-refractivity contribution in [3.8, 4) is 0 Å². The van der Waals surface area contributed by atoms with Crippen molar-refractivity contribution in [2.45, 2.75) is 6.42 Å². The maximum Gasteiger partial charge on any atom is 0.229 e. The molecule has 0 saturated carbocycles. The molecule has 2 N–H and O–H groups in total. The van der Waals surface area contributed by atoms with Crippen molar-refractivity contribution in [2.75, 3.05) is 31.7 Å². The molecule has 2 heterocycles. The van der Waals surface area contributed by atoms with E-state index in [1.165, 1.54) is 0 Å². The number of amides is 2. The Morgan fingerprint density at radius 3 is 3.17 bits per heavy atom. The largest absolute Gasteiger partial charge is 0.383 e. The van der Waals surface area contributed by atoms with Crippen LogP contribution in [0, 0.1) is 5.92 Å². The molecule has 23 heavy (non-hydrogen) atoms. The predicted octanol–water partition coefficient (Wildman–Crippen LogP) is 1.44. The van der Waals surface area contributed by atoms with E-state index >= 15 is 0 Å². The molecule has 0 radical (unpaired) electrons. The van der Waals surface area contributed by atoms with Gasteiger partial charge in [-0.3, -0.25) is 19.6 Å². The molecule has 0 bridgehead atoms. The third-order valence-corrected chi connectivity index (χ3v) is 4.35. The molecular formula is C15H17BrN4O3. The number of aromatic amines is 1. The smallest absolute Gasteiger partial charge is 0.229 e. The van der Waals surface area contributed by atoms with Crippen LogP contribution >= 0.6 is 15.9 Å². The number of nitrogens with one attached hydrogen (secondary N) is 2. The third kappa shape index (κ3) is 3.23. The Bertz CT molecular complexity index is 745. The number of anilines is 1. The molecule has 1 aliphatic heterocycles. The highest BCUT2D eigenvalue weighted by molar-refractivity contribution is 9.10. The summed E-state index contributed by atoms with van der Waals surface area (Å²) in [5, 5.41) is 10.8. The average molecular weight is 381 g/mol. The molecule has 2 aromatic rings. The first-order valence-electron chi connectivity index (χ1n) is 7.31. The first-order chi connectivity index (χ1) is 11.1. The Kier molecular flexibility index (Phi) is 4.63. The summed E-state index contributed by atoms with van der Waals surface area (Å²) in [5.74, 6) is -0.0000537. The number of halogens is 1. The van der Waals surface area contributed by atoms with Crippen molar-refractivity contribution in [3.63, 3.8) is 0 Å². The van der Waals surface area contributed by atoms with Gasteiger partial charge in [-0.2, -0.15) is 5.10 Å². The summed E-state index contributed by atoms with van der Waals surface area (Å²) in [6.07, 6.45) is 0.198. The van der Waals surface area contributed by atoms with Crippen LogP contribution in [0.15, 0.2) is 22.7 Å². The normalized spacial score (nSPS) is 17.9. The summed E-state index contributed by atoms with van der Waals surface area (Å²) in [6, 6.07) is 5.70. The lowest BCUT2D eigenvalue weighted by Crippen LogP contribution is -2.34. The van der Waals surface area contributed by atoms with Crippen molar-refractivity contribution in [2.24, 2.45) is 5.92 Å². The SMILES string of the molecule is COCCNC(=O)C1CC(=O)N(c2n[nH]c3cc(Br)ccc23)C1. The van der Waals surface area contributed by atoms with Crippen LogP contribution in [0.25, 0.3) is 10.9 Å². The Labute approximate surface area is 141 Å². The number of hydrogen-bond acceptors (Lipinski definition) is 4. The summed E-state index contributed by atoms with van der Waals surface area (Å²) in [4.78, 5) is 26.0. The molecule has 1 aliphatic rings. The van der Waals surface area contributed by atoms with Gasteiger partial charge < -0.3 is 10.1 Å². The Morgan fingerprint density at radius 2 is 2.39 bits per heavy atom. The number of aromatic nitrogens is 2. The van der Waals surface area contributed by atoms with E-state index in [-0.39, 0.29) is 24.2 Å². The minimum atomic E-state index is -0.360. The third-order valence-electron chi connectivity index (χ3n) is 3.86. The summed E-state index contributed by atoms with van der Waals surface area (Å²) in [7, 11) is 1.58. The van der Waals surface area contributed by atoms with E-state index in [1.54, 1.807) is 12.0 Å². The number of methoxy groups -OCH3 is 1. The molecule has 1 fully saturated rings. The van der Waals surface area contributed by atoms with Crippen LogP contribution in [-0.4, -0.2) is 48.8 Å². The number of fused-ring (bicyclic) bond motifs is 1. The molecule has 1 aromatic heterocycles. The number of H-pyrrole nitrogens is 1. The van der Waals surface area contributed by atoms with Gasteiger partial charge in [-0.1, -0.05) is 15.9 Å². The lowest BCUT2D eigenvalue weighted by molar-refractivity contribution is -0.126. The molecule has 7 nitrogen and oxygen atoms in total. The molecule has 122 valence electrons. The molecule has 3 rings (SSSR count). The van der Waals surface area contributed by atoms with Crippen LogP contribution in [0.4, 0.5) is 5.82 Å². The minimum Gasteiger partial charge on any atom is -0.383 e. The van der Waals surface area contributed by atoms with Crippen molar-refractivity contribution < 1.29 is 14.3 Å². The number of carbonyl (C=O) groups is 2. The van der Waals surface area contributed by atoms with Gasteiger partial charge in [0, 0.05) is 36.5 Å². The van der Waals surface area contributed by atoms with E-state index in [1.807, 2.05) is 18.2 Å². The van der Waals surface area contributed by atoms with Crippen molar-refractivity contribution >= 4 is 44.5 Å². The van der Waals surface area contributed by atoms with Crippen LogP contribution in [-0.2, 0) is 14.3 Å². The zero-order valence-corrected chi connectivity index (χ0v) is 14.2. The first kappa shape index (κ1) is 15.9. The monoisotopic (exact) mass is 380 g/mol. The second kappa shape index (κ2) is 6.67. The summed E-state index contributed by atoms with van der Waals surface area (Å²) < 4.78 is 5.84. The van der Waals surface area contributed by atoms with Crippen LogP contribution in [0.1, 0.15) is 6.42 Å². The number of carbonyl (C=O) groups excluding carboxylic acids is 2. The lowest BCUT2D eigenvalue weighted by atomic mass is 10.1. The molecule has 8 heteroatoms. The highest BCUT2D eigenvalue weighted by Crippen LogP contribution is 2.31. The highest BCUT2D eigenvalue weighted by Gasteiger charge is 2.36. The van der Waals surface area contributed by atoms with Gasteiger partial charge in [-0.25, -0.2) is 0 Å². The van der Waals surface area contributed by atoms with Crippen LogP contribution < -0.4 is 10.2 Å². The van der Waals surface area contributed by atoms with E-state index in [0.29, 0.717) is 25.5 Å². The Morgan fingerprint density at radius 1 is 1.57 bits per heavy atom. The Balaban J connectivity index is 1.75. The maximum atomic E-state index is 12.3. The van der Waals surface area contributed by atoms with Crippen LogP contribution in [0.2, 0.25) is 0 Å². The van der Waals surface area contributed by atoms with E-state index < -0.39 is 0 Å². The quantitative estimate of drug-likeness (QED) is 0.768. The van der Waals surface area contributed by atoms with Gasteiger partial charge in [0.05, 0.1) is 18.0 Å². The fourth-order valence-electron chi connectivity index (χ4n) is 2.69. The van der Waals surface area contributed by atoms with Gasteiger partial charge in [0.1, 0.15) is 0 Å². The van der Waals surface area contributed by atoms with Crippen molar-refractivity contribution in [3.05, 3.63) is 22.7 Å². The van der Waals surface area contributed by atoms with Gasteiger partial charge in [0.15, 0.2) is 5.82 Å². The number of nitrogens with zero attached hydrogens (tertiary/aromatic N) is 2. The molecule has 1 atom stereocenters. The minimum absolute atomic E-state index is 0.0896. The van der Waals surface area contributed by atoms with Crippen LogP contribution in [0.3, 0.4) is 0 Å². The standard InChI is InChI=1S/C15H17BrN4O3/c1-23-5-4-17-15(22)9-6-13(21)20(8-9)14-11-3-2-10(16)7-12(11)18-19-14/h2-3,7,9H,4-6,8H2,1H3,(H,17,22)(H,18,19). The summed E-state index contributed by atoms with van der Waals surface area (Å²) in [5.41, 5.74) is 0.843. The second-order valence-corrected chi connectivity index (χ2v) is 6.34. The van der Waals surface area contributed by atoms with E-state index in [0.717, 1.165) is 15.4 Å². The van der Waals surface area contributed by atoms with E-state index in [9.17, 15) is 9.59 Å². The van der Waals surface area contributed by atoms with E-state index in [2.05, 4.69) is 31.4 Å². The van der Waals surface area contributed by atoms with Crippen LogP contribution in [0.5, 0.6) is 0 Å². The molecule has 0 spiro atoms. The fourth-order valence-corrected chi connectivity index (χ4v) is 3.05. The highest BCUT2D eigenvalue weighted by atomic mass is 79.9. The molecule has 1 saturated heterocycles. The number of benzene rings is 1. The number of ether oxygens (including phenoxy) is 1. The number of rotatable bonds is 5. The lowest BCUT2D eigenvalue weighted by Gasteiger charge is -2.14. The van der Waals surface area contributed by atoms with E-state index in [4.69, 9.17) is 4.74 Å². The van der Waals surface area contributed by atoms with Gasteiger partial charge >= 0.3 is 0 Å². The Hall–Kier alpha value is -1.93. The predicted molar refractivity (Wildman–Crippen MR) is 89.1 cm³/mol. The van der Waals surface area contributed by atoms with Gasteiger partial charge in [0.25, 0.3) is 0 Å². The first-order valence-corrected chi connectivity index (χ1v) is 8.10. The second-order valence-electron chi connectivity index (χ2n) is 5.43. The zero-order chi connectivity index (χ0) is 16.4.